The predicted molar refractivity (Wildman–Crippen MR) is 93.8 cm³/mol. The molecule has 1 heterocycles. The number of rotatable bonds is 7. The van der Waals surface area contributed by atoms with Crippen molar-refractivity contribution in [3.63, 3.8) is 0 Å². The third-order valence-electron chi connectivity index (χ3n) is 3.48. The maximum Gasteiger partial charge on any atom is 0.330 e. The van der Waals surface area contributed by atoms with E-state index in [2.05, 4.69) is 27.5 Å². The van der Waals surface area contributed by atoms with E-state index in [0.29, 0.717) is 30.7 Å². The SMILES string of the molecule is C=CCOCn1c(Cc2cccc(Br)c2)c(CC)c(=O)[nH]c1=O. The first-order chi connectivity index (χ1) is 11.1. The van der Waals surface area contributed by atoms with Crippen LogP contribution in [0.1, 0.15) is 23.7 Å². The Labute approximate surface area is 142 Å². The Balaban J connectivity index is 2.50. The van der Waals surface area contributed by atoms with Gasteiger partial charge in [0.25, 0.3) is 5.56 Å². The van der Waals surface area contributed by atoms with Crippen molar-refractivity contribution in [1.29, 1.82) is 0 Å². The van der Waals surface area contributed by atoms with E-state index in [0.717, 1.165) is 10.0 Å². The van der Waals surface area contributed by atoms with Gasteiger partial charge in [-0.2, -0.15) is 0 Å². The average molecular weight is 379 g/mol. The summed E-state index contributed by atoms with van der Waals surface area (Å²) in [7, 11) is 0. The molecule has 0 saturated heterocycles. The van der Waals surface area contributed by atoms with Crippen molar-refractivity contribution in [3.8, 4) is 0 Å². The van der Waals surface area contributed by atoms with E-state index < -0.39 is 5.69 Å². The lowest BCUT2D eigenvalue weighted by Crippen LogP contribution is -2.36. The molecule has 2 aromatic rings. The van der Waals surface area contributed by atoms with Gasteiger partial charge in [0.15, 0.2) is 0 Å². The molecule has 0 radical (unpaired) electrons. The van der Waals surface area contributed by atoms with Crippen LogP contribution < -0.4 is 11.2 Å². The van der Waals surface area contributed by atoms with Crippen molar-refractivity contribution in [3.05, 3.63) is 79.1 Å². The van der Waals surface area contributed by atoms with Crippen molar-refractivity contribution >= 4 is 15.9 Å². The van der Waals surface area contributed by atoms with E-state index in [1.54, 1.807) is 6.08 Å². The molecule has 1 aromatic heterocycles. The predicted octanol–water partition coefficient (Wildman–Crippen LogP) is 2.61. The third kappa shape index (κ3) is 4.30. The molecule has 0 atom stereocenters. The number of ether oxygens (including phenoxy) is 1. The highest BCUT2D eigenvalue weighted by molar-refractivity contribution is 9.10. The fourth-order valence-electron chi connectivity index (χ4n) is 2.43. The van der Waals surface area contributed by atoms with Crippen molar-refractivity contribution in [2.24, 2.45) is 0 Å². The molecule has 2 rings (SSSR count). The molecule has 0 fully saturated rings. The summed E-state index contributed by atoms with van der Waals surface area (Å²) >= 11 is 3.44. The van der Waals surface area contributed by atoms with Crippen molar-refractivity contribution < 1.29 is 4.74 Å². The van der Waals surface area contributed by atoms with Crippen LogP contribution >= 0.6 is 15.9 Å². The van der Waals surface area contributed by atoms with Crippen LogP contribution in [0.25, 0.3) is 0 Å². The Hall–Kier alpha value is -1.92. The quantitative estimate of drug-likeness (QED) is 0.594. The monoisotopic (exact) mass is 378 g/mol. The first kappa shape index (κ1) is 17.4. The average Bonchev–Trinajstić information content (AvgIpc) is 2.50. The number of aromatic nitrogens is 2. The fraction of sp³-hybridized carbons (Fsp3) is 0.294. The zero-order chi connectivity index (χ0) is 16.8. The highest BCUT2D eigenvalue weighted by Crippen LogP contribution is 2.16. The van der Waals surface area contributed by atoms with Crippen LogP contribution in [0.15, 0.2) is 51.0 Å². The number of hydrogen-bond donors (Lipinski definition) is 1. The highest BCUT2D eigenvalue weighted by Gasteiger charge is 2.14. The molecule has 1 N–H and O–H groups in total. The normalized spacial score (nSPS) is 10.7. The number of nitrogens with zero attached hydrogens (tertiary/aromatic N) is 1. The van der Waals surface area contributed by atoms with E-state index in [-0.39, 0.29) is 12.3 Å². The molecular formula is C17H19BrN2O3. The zero-order valence-electron chi connectivity index (χ0n) is 13.0. The van der Waals surface area contributed by atoms with Crippen LogP contribution in [0.4, 0.5) is 0 Å². The Morgan fingerprint density at radius 2 is 2.17 bits per heavy atom. The second kappa shape index (κ2) is 8.08. The van der Waals surface area contributed by atoms with E-state index in [4.69, 9.17) is 4.74 Å². The van der Waals surface area contributed by atoms with Gasteiger partial charge in [0.1, 0.15) is 6.73 Å². The smallest absolute Gasteiger partial charge is 0.330 e. The van der Waals surface area contributed by atoms with Gasteiger partial charge >= 0.3 is 5.69 Å². The topological polar surface area (TPSA) is 64.1 Å². The molecule has 0 aliphatic carbocycles. The van der Waals surface area contributed by atoms with Gasteiger partial charge in [0.2, 0.25) is 0 Å². The van der Waals surface area contributed by atoms with Crippen LogP contribution in [0.5, 0.6) is 0 Å². The lowest BCUT2D eigenvalue weighted by atomic mass is 10.0. The van der Waals surface area contributed by atoms with E-state index >= 15 is 0 Å². The second-order valence-corrected chi connectivity index (χ2v) is 5.98. The van der Waals surface area contributed by atoms with E-state index in [1.807, 2.05) is 31.2 Å². The summed E-state index contributed by atoms with van der Waals surface area (Å²) in [6, 6.07) is 7.79. The number of H-pyrrole nitrogens is 1. The number of nitrogens with one attached hydrogen (secondary N) is 1. The molecule has 0 bridgehead atoms. The first-order valence-corrected chi connectivity index (χ1v) is 8.14. The highest BCUT2D eigenvalue weighted by atomic mass is 79.9. The number of hydrogen-bond acceptors (Lipinski definition) is 3. The van der Waals surface area contributed by atoms with Crippen LogP contribution in [0.2, 0.25) is 0 Å². The Morgan fingerprint density at radius 3 is 2.83 bits per heavy atom. The van der Waals surface area contributed by atoms with Crippen molar-refractivity contribution in [1.82, 2.24) is 9.55 Å². The van der Waals surface area contributed by atoms with Crippen molar-refractivity contribution in [2.75, 3.05) is 6.61 Å². The summed E-state index contributed by atoms with van der Waals surface area (Å²) < 4.78 is 7.84. The van der Waals surface area contributed by atoms with Gasteiger partial charge in [-0.25, -0.2) is 4.79 Å². The molecular weight excluding hydrogens is 360 g/mol. The first-order valence-electron chi connectivity index (χ1n) is 7.34. The molecule has 6 heteroatoms. The molecule has 0 amide bonds. The Morgan fingerprint density at radius 1 is 1.39 bits per heavy atom. The summed E-state index contributed by atoms with van der Waals surface area (Å²) in [5.74, 6) is 0. The largest absolute Gasteiger partial charge is 0.357 e. The minimum Gasteiger partial charge on any atom is -0.357 e. The fourth-order valence-corrected chi connectivity index (χ4v) is 2.87. The number of halogens is 1. The van der Waals surface area contributed by atoms with Gasteiger partial charge in [0.05, 0.1) is 6.61 Å². The zero-order valence-corrected chi connectivity index (χ0v) is 14.6. The molecule has 5 nitrogen and oxygen atoms in total. The van der Waals surface area contributed by atoms with Crippen LogP contribution in [-0.2, 0) is 24.3 Å². The number of aromatic amines is 1. The van der Waals surface area contributed by atoms with E-state index in [9.17, 15) is 9.59 Å². The van der Waals surface area contributed by atoms with Gasteiger partial charge < -0.3 is 4.74 Å². The lowest BCUT2D eigenvalue weighted by molar-refractivity contribution is 0.0943. The maximum atomic E-state index is 12.2. The van der Waals surface area contributed by atoms with E-state index in [1.165, 1.54) is 4.57 Å². The molecule has 0 spiro atoms. The summed E-state index contributed by atoms with van der Waals surface area (Å²) in [5.41, 5.74) is 1.51. The van der Waals surface area contributed by atoms with Crippen LogP contribution in [0, 0.1) is 0 Å². The molecule has 0 aliphatic heterocycles. The minimum absolute atomic E-state index is 0.0813. The summed E-state index contributed by atoms with van der Waals surface area (Å²) in [6.07, 6.45) is 2.64. The summed E-state index contributed by atoms with van der Waals surface area (Å²) in [6.45, 7) is 5.90. The van der Waals surface area contributed by atoms with Gasteiger partial charge in [-0.1, -0.05) is 41.1 Å². The minimum atomic E-state index is -0.457. The molecule has 23 heavy (non-hydrogen) atoms. The van der Waals surface area contributed by atoms with Crippen LogP contribution in [-0.4, -0.2) is 16.2 Å². The van der Waals surface area contributed by atoms with Gasteiger partial charge in [-0.3, -0.25) is 14.3 Å². The van der Waals surface area contributed by atoms with Crippen LogP contribution in [0.3, 0.4) is 0 Å². The molecule has 0 unspecified atom stereocenters. The molecule has 1 aromatic carbocycles. The molecule has 0 saturated carbocycles. The van der Waals surface area contributed by atoms with Gasteiger partial charge in [0, 0.05) is 22.2 Å². The second-order valence-electron chi connectivity index (χ2n) is 5.06. The molecule has 122 valence electrons. The van der Waals surface area contributed by atoms with Crippen molar-refractivity contribution in [2.45, 2.75) is 26.5 Å². The standard InChI is InChI=1S/C17H19BrN2O3/c1-3-8-23-11-20-15(10-12-6-5-7-13(18)9-12)14(4-2)16(21)19-17(20)22/h3,5-7,9H,1,4,8,10-11H2,2H3,(H,19,21,22). The van der Waals surface area contributed by atoms with Gasteiger partial charge in [-0.15, -0.1) is 6.58 Å². The summed E-state index contributed by atoms with van der Waals surface area (Å²) in [5, 5.41) is 0. The van der Waals surface area contributed by atoms with Gasteiger partial charge in [-0.05, 0) is 24.1 Å². The molecule has 0 aliphatic rings. The lowest BCUT2D eigenvalue weighted by Gasteiger charge is -2.15. The Bertz CT molecular complexity index is 808. The maximum absolute atomic E-state index is 12.2. The number of benzene rings is 1. The third-order valence-corrected chi connectivity index (χ3v) is 3.98. The summed E-state index contributed by atoms with van der Waals surface area (Å²) in [4.78, 5) is 26.6. The Kier molecular flexibility index (Phi) is 6.12.